The lowest BCUT2D eigenvalue weighted by atomic mass is 10.2. The number of hydrogen-bond donors (Lipinski definition) is 3. The Morgan fingerprint density at radius 3 is 2.96 bits per heavy atom. The maximum atomic E-state index is 12.0. The van der Waals surface area contributed by atoms with Gasteiger partial charge in [0.15, 0.2) is 0 Å². The van der Waals surface area contributed by atoms with Crippen LogP contribution in [0.3, 0.4) is 0 Å². The number of ether oxygens (including phenoxy) is 1. The van der Waals surface area contributed by atoms with Gasteiger partial charge in [0.25, 0.3) is 0 Å². The fourth-order valence-electron chi connectivity index (χ4n) is 2.32. The number of nitrogens with zero attached hydrogens (tertiary/aromatic N) is 4. The number of aromatic nitrogens is 4. The molecule has 0 aliphatic carbocycles. The van der Waals surface area contributed by atoms with E-state index in [0.29, 0.717) is 0 Å². The normalized spacial score (nSPS) is 26.3. The molecule has 2 aromatic heterocycles. The smallest absolute Gasteiger partial charge is 0.390 e. The third-order valence-electron chi connectivity index (χ3n) is 3.56. The zero-order valence-electron chi connectivity index (χ0n) is 12.4. The van der Waals surface area contributed by atoms with E-state index in [4.69, 9.17) is 15.0 Å². The third kappa shape index (κ3) is 3.40. The first-order valence-electron chi connectivity index (χ1n) is 7.01. The van der Waals surface area contributed by atoms with Gasteiger partial charge < -0.3 is 20.5 Å². The second-order valence-corrected chi connectivity index (χ2v) is 6.90. The van der Waals surface area contributed by atoms with Crippen molar-refractivity contribution in [3.05, 3.63) is 41.5 Å². The van der Waals surface area contributed by atoms with Gasteiger partial charge >= 0.3 is 13.4 Å². The number of nitrogen functional groups attached to an aromatic ring is 1. The van der Waals surface area contributed by atoms with Crippen molar-refractivity contribution >= 4 is 13.6 Å². The molecule has 2 aromatic rings. The van der Waals surface area contributed by atoms with Crippen LogP contribution in [-0.2, 0) is 13.8 Å². The molecule has 12 heteroatoms. The molecule has 4 N–H and O–H groups in total. The highest BCUT2D eigenvalue weighted by Gasteiger charge is 2.37. The van der Waals surface area contributed by atoms with Crippen LogP contribution in [0.4, 0.5) is 5.82 Å². The lowest BCUT2D eigenvalue weighted by molar-refractivity contribution is -0.0427. The van der Waals surface area contributed by atoms with Gasteiger partial charge in [-0.05, 0) is 6.07 Å². The standard InChI is InChI=1S/C12H16N5O6P/c13-10-1-3-17(12(19)15-10)11-5-8(18)9(23-11)6-22-24(20,21)16-4-2-14-7-16/h1-4,7-9,11,18H,5-6H2,(H,20,21)(H2,13,15,19)/t8-,9+,11+/m0/s1. The van der Waals surface area contributed by atoms with Crippen LogP contribution in [0.5, 0.6) is 0 Å². The number of nitrogens with two attached hydrogens (primary N) is 1. The van der Waals surface area contributed by atoms with Crippen molar-refractivity contribution in [1.29, 1.82) is 0 Å². The summed E-state index contributed by atoms with van der Waals surface area (Å²) in [4.78, 5) is 28.9. The van der Waals surface area contributed by atoms with Gasteiger partial charge in [0, 0.05) is 25.0 Å². The quantitative estimate of drug-likeness (QED) is 0.591. The van der Waals surface area contributed by atoms with Crippen molar-refractivity contribution in [1.82, 2.24) is 18.9 Å². The number of aliphatic hydroxyl groups is 1. The van der Waals surface area contributed by atoms with Crippen LogP contribution in [0.1, 0.15) is 12.6 Å². The van der Waals surface area contributed by atoms with Gasteiger partial charge in [-0.15, -0.1) is 0 Å². The Balaban J connectivity index is 1.66. The Bertz CT molecular complexity index is 809. The Morgan fingerprint density at radius 1 is 1.50 bits per heavy atom. The van der Waals surface area contributed by atoms with E-state index in [1.165, 1.54) is 29.2 Å². The average Bonchev–Trinajstić information content (AvgIpc) is 3.15. The first-order chi connectivity index (χ1) is 11.4. The Labute approximate surface area is 135 Å². The lowest BCUT2D eigenvalue weighted by Gasteiger charge is -2.18. The summed E-state index contributed by atoms with van der Waals surface area (Å²) >= 11 is 0. The van der Waals surface area contributed by atoms with E-state index in [1.54, 1.807) is 0 Å². The predicted molar refractivity (Wildman–Crippen MR) is 80.8 cm³/mol. The summed E-state index contributed by atoms with van der Waals surface area (Å²) in [7, 11) is -4.12. The first-order valence-corrected chi connectivity index (χ1v) is 8.54. The van der Waals surface area contributed by atoms with Crippen LogP contribution in [-0.4, -0.2) is 47.7 Å². The van der Waals surface area contributed by atoms with Crippen molar-refractivity contribution in [2.24, 2.45) is 0 Å². The number of hydrogen-bond acceptors (Lipinski definition) is 8. The van der Waals surface area contributed by atoms with Crippen LogP contribution < -0.4 is 11.4 Å². The number of imidazole rings is 1. The highest BCUT2D eigenvalue weighted by atomic mass is 31.2. The second-order valence-electron chi connectivity index (χ2n) is 5.20. The van der Waals surface area contributed by atoms with E-state index in [-0.39, 0.29) is 18.8 Å². The molecule has 1 aliphatic rings. The SMILES string of the molecule is Nc1ccn([C@H]2C[C@H](O)[C@@H](COP(=O)(O)n3ccnc3)O2)c(=O)n1. The van der Waals surface area contributed by atoms with Crippen LogP contribution in [0.2, 0.25) is 0 Å². The van der Waals surface area contributed by atoms with Crippen molar-refractivity contribution in [3.63, 3.8) is 0 Å². The molecule has 0 amide bonds. The molecule has 3 heterocycles. The summed E-state index contributed by atoms with van der Waals surface area (Å²) in [5, 5.41) is 10.0. The van der Waals surface area contributed by atoms with E-state index in [1.807, 2.05) is 0 Å². The van der Waals surface area contributed by atoms with Crippen molar-refractivity contribution in [2.45, 2.75) is 24.9 Å². The van der Waals surface area contributed by atoms with Crippen LogP contribution >= 0.6 is 7.75 Å². The third-order valence-corrected chi connectivity index (χ3v) is 4.86. The van der Waals surface area contributed by atoms with Crippen molar-refractivity contribution in [2.75, 3.05) is 12.3 Å². The van der Waals surface area contributed by atoms with Crippen molar-refractivity contribution in [3.8, 4) is 0 Å². The van der Waals surface area contributed by atoms with Gasteiger partial charge in [0.05, 0.1) is 12.7 Å². The predicted octanol–water partition coefficient (Wildman–Crippen LogP) is -0.664. The van der Waals surface area contributed by atoms with E-state index >= 15 is 0 Å². The van der Waals surface area contributed by atoms with Gasteiger partial charge in [-0.2, -0.15) is 4.98 Å². The molecule has 130 valence electrons. The maximum absolute atomic E-state index is 12.0. The van der Waals surface area contributed by atoms with Gasteiger partial charge in [0.2, 0.25) is 0 Å². The fourth-order valence-corrected chi connectivity index (χ4v) is 3.21. The molecule has 4 atom stereocenters. The van der Waals surface area contributed by atoms with E-state index < -0.39 is 31.9 Å². The number of rotatable bonds is 5. The monoisotopic (exact) mass is 357 g/mol. The first kappa shape index (κ1) is 16.8. The highest BCUT2D eigenvalue weighted by molar-refractivity contribution is 7.51. The van der Waals surface area contributed by atoms with E-state index in [2.05, 4.69) is 9.97 Å². The average molecular weight is 357 g/mol. The Kier molecular flexibility index (Phi) is 4.52. The molecule has 0 radical (unpaired) electrons. The minimum Gasteiger partial charge on any atom is -0.390 e. The van der Waals surface area contributed by atoms with E-state index in [0.717, 1.165) is 10.7 Å². The van der Waals surface area contributed by atoms with Crippen LogP contribution in [0, 0.1) is 0 Å². The summed E-state index contributed by atoms with van der Waals surface area (Å²) in [6.07, 6.45) is 2.69. The summed E-state index contributed by atoms with van der Waals surface area (Å²) in [5.74, 6) is 0.0798. The zero-order chi connectivity index (χ0) is 17.3. The maximum Gasteiger partial charge on any atom is 0.437 e. The Morgan fingerprint density at radius 2 is 2.29 bits per heavy atom. The lowest BCUT2D eigenvalue weighted by Crippen LogP contribution is -2.28. The second kappa shape index (κ2) is 6.46. The van der Waals surface area contributed by atoms with Crippen LogP contribution in [0.15, 0.2) is 35.8 Å². The minimum absolute atomic E-state index is 0.0798. The molecule has 0 saturated carbocycles. The van der Waals surface area contributed by atoms with Gasteiger partial charge in [-0.3, -0.25) is 9.09 Å². The van der Waals surface area contributed by atoms with Crippen molar-refractivity contribution < 1.29 is 23.8 Å². The number of anilines is 1. The largest absolute Gasteiger partial charge is 0.437 e. The molecule has 3 rings (SSSR count). The molecule has 0 bridgehead atoms. The topological polar surface area (TPSA) is 155 Å². The zero-order valence-corrected chi connectivity index (χ0v) is 13.3. The number of aliphatic hydroxyl groups excluding tert-OH is 1. The molecular weight excluding hydrogens is 341 g/mol. The molecule has 11 nitrogen and oxygen atoms in total. The fraction of sp³-hybridized carbons (Fsp3) is 0.417. The molecular formula is C12H16N5O6P. The molecule has 1 aliphatic heterocycles. The molecule has 0 aromatic carbocycles. The summed E-state index contributed by atoms with van der Waals surface area (Å²) in [6.45, 7) is -0.333. The minimum atomic E-state index is -4.12. The molecule has 1 saturated heterocycles. The highest BCUT2D eigenvalue weighted by Crippen LogP contribution is 2.44. The summed E-state index contributed by atoms with van der Waals surface area (Å²) < 4.78 is 24.7. The summed E-state index contributed by atoms with van der Waals surface area (Å²) in [6, 6.07) is 1.43. The van der Waals surface area contributed by atoms with Gasteiger partial charge in [0.1, 0.15) is 24.5 Å². The van der Waals surface area contributed by atoms with Crippen LogP contribution in [0.25, 0.3) is 0 Å². The van der Waals surface area contributed by atoms with Gasteiger partial charge in [-0.1, -0.05) is 0 Å². The molecule has 24 heavy (non-hydrogen) atoms. The van der Waals surface area contributed by atoms with Gasteiger partial charge in [-0.25, -0.2) is 18.7 Å². The molecule has 1 fully saturated rings. The summed E-state index contributed by atoms with van der Waals surface area (Å²) in [5.41, 5.74) is 4.81. The molecule has 1 unspecified atom stereocenters. The Hall–Kier alpha value is -2.04. The molecule has 0 spiro atoms. The van der Waals surface area contributed by atoms with E-state index in [9.17, 15) is 19.4 Å².